The van der Waals surface area contributed by atoms with Crippen molar-refractivity contribution in [2.24, 2.45) is 5.92 Å². The Bertz CT molecular complexity index is 1200. The molecular formula is C23H23BrN4O4S. The van der Waals surface area contributed by atoms with E-state index in [4.69, 9.17) is 9.26 Å². The van der Waals surface area contributed by atoms with Crippen molar-refractivity contribution in [1.82, 2.24) is 19.9 Å². The molecular weight excluding hydrogens is 508 g/mol. The van der Waals surface area contributed by atoms with Gasteiger partial charge in [0, 0.05) is 21.5 Å². The SMILES string of the molecule is CCOC(=O)c1noc(C2CC2)c1C(=O)c1ccc(Br)cc1C(SC)(C1CC1)n1cncn1. The fourth-order valence-electron chi connectivity index (χ4n) is 4.39. The Balaban J connectivity index is 1.69. The first kappa shape index (κ1) is 22.3. The van der Waals surface area contributed by atoms with Gasteiger partial charge in [0.1, 0.15) is 23.1 Å². The normalized spacial score (nSPS) is 17.5. The Morgan fingerprint density at radius 3 is 2.70 bits per heavy atom. The summed E-state index contributed by atoms with van der Waals surface area (Å²) in [5.74, 6) is -0.0703. The van der Waals surface area contributed by atoms with Crippen LogP contribution >= 0.6 is 27.7 Å². The van der Waals surface area contributed by atoms with Crippen molar-refractivity contribution < 1.29 is 18.8 Å². The van der Waals surface area contributed by atoms with Gasteiger partial charge in [0.15, 0.2) is 11.5 Å². The molecule has 2 aromatic heterocycles. The van der Waals surface area contributed by atoms with E-state index in [1.54, 1.807) is 31.1 Å². The van der Waals surface area contributed by atoms with E-state index in [1.165, 1.54) is 6.33 Å². The predicted octanol–water partition coefficient (Wildman–Crippen LogP) is 4.79. The molecule has 2 saturated carbocycles. The molecule has 0 spiro atoms. The topological polar surface area (TPSA) is 100 Å². The molecule has 0 radical (unpaired) electrons. The average molecular weight is 531 g/mol. The number of hydrogen-bond donors (Lipinski definition) is 0. The minimum atomic E-state index is -0.648. The quantitative estimate of drug-likeness (QED) is 0.287. The molecule has 172 valence electrons. The van der Waals surface area contributed by atoms with E-state index in [1.807, 2.05) is 23.1 Å². The van der Waals surface area contributed by atoms with Crippen molar-refractivity contribution in [2.45, 2.75) is 43.4 Å². The minimum Gasteiger partial charge on any atom is -0.461 e. The highest BCUT2D eigenvalue weighted by molar-refractivity contribution is 9.10. The number of nitrogens with zero attached hydrogens (tertiary/aromatic N) is 4. The number of halogens is 1. The molecule has 0 saturated heterocycles. The van der Waals surface area contributed by atoms with Gasteiger partial charge in [-0.15, -0.1) is 11.8 Å². The maximum Gasteiger partial charge on any atom is 0.361 e. The Morgan fingerprint density at radius 1 is 1.30 bits per heavy atom. The Morgan fingerprint density at radius 2 is 2.09 bits per heavy atom. The fourth-order valence-corrected chi connectivity index (χ4v) is 5.99. The monoisotopic (exact) mass is 530 g/mol. The van der Waals surface area contributed by atoms with E-state index in [-0.39, 0.29) is 29.6 Å². The summed E-state index contributed by atoms with van der Waals surface area (Å²) >= 11 is 5.22. The molecule has 0 aliphatic heterocycles. The first-order valence-electron chi connectivity index (χ1n) is 10.9. The van der Waals surface area contributed by atoms with Gasteiger partial charge >= 0.3 is 5.97 Å². The lowest BCUT2D eigenvalue weighted by molar-refractivity contribution is 0.0512. The van der Waals surface area contributed by atoms with Crippen LogP contribution in [0.3, 0.4) is 0 Å². The largest absolute Gasteiger partial charge is 0.461 e. The summed E-state index contributed by atoms with van der Waals surface area (Å²) in [7, 11) is 0. The predicted molar refractivity (Wildman–Crippen MR) is 125 cm³/mol. The highest BCUT2D eigenvalue weighted by atomic mass is 79.9. The molecule has 1 unspecified atom stereocenters. The van der Waals surface area contributed by atoms with Crippen LogP contribution in [0.15, 0.2) is 39.8 Å². The number of aromatic nitrogens is 4. The second-order valence-corrected chi connectivity index (χ2v) is 10.2. The van der Waals surface area contributed by atoms with Gasteiger partial charge in [0.25, 0.3) is 0 Å². The van der Waals surface area contributed by atoms with Gasteiger partial charge in [0.2, 0.25) is 5.69 Å². The van der Waals surface area contributed by atoms with Gasteiger partial charge in [-0.25, -0.2) is 14.5 Å². The van der Waals surface area contributed by atoms with Crippen LogP contribution in [0, 0.1) is 5.92 Å². The van der Waals surface area contributed by atoms with E-state index in [0.29, 0.717) is 17.2 Å². The van der Waals surface area contributed by atoms with Crippen LogP contribution in [0.5, 0.6) is 0 Å². The fraction of sp³-hybridized carbons (Fsp3) is 0.435. The van der Waals surface area contributed by atoms with Crippen LogP contribution in [0.25, 0.3) is 0 Å². The molecule has 1 aromatic carbocycles. The van der Waals surface area contributed by atoms with Crippen LogP contribution in [0.2, 0.25) is 0 Å². The molecule has 33 heavy (non-hydrogen) atoms. The average Bonchev–Trinajstić information content (AvgIpc) is 3.74. The number of hydrogen-bond acceptors (Lipinski definition) is 8. The van der Waals surface area contributed by atoms with Crippen LogP contribution in [-0.4, -0.2) is 44.5 Å². The van der Waals surface area contributed by atoms with Crippen LogP contribution in [-0.2, 0) is 9.61 Å². The number of ketones is 1. The van der Waals surface area contributed by atoms with E-state index in [2.05, 4.69) is 31.2 Å². The molecule has 5 rings (SSSR count). The lowest BCUT2D eigenvalue weighted by Gasteiger charge is -2.34. The standard InChI is InChI=1S/C23H23BrN4O4S/c1-3-31-22(30)19-18(21(32-27-19)13-4-5-13)20(29)16-9-8-15(24)10-17(16)23(33-2,14-6-7-14)28-12-25-11-26-28/h8-14H,3-7H2,1-2H3. The summed E-state index contributed by atoms with van der Waals surface area (Å²) in [6.45, 7) is 1.90. The zero-order chi connectivity index (χ0) is 23.2. The first-order valence-corrected chi connectivity index (χ1v) is 12.9. The maximum absolute atomic E-state index is 14.1. The number of ether oxygens (including phenoxy) is 1. The third-order valence-corrected chi connectivity index (χ3v) is 8.03. The van der Waals surface area contributed by atoms with E-state index < -0.39 is 10.8 Å². The highest BCUT2D eigenvalue weighted by Gasteiger charge is 2.51. The number of carbonyl (C=O) groups excluding carboxylic acids is 2. The van der Waals surface area contributed by atoms with Gasteiger partial charge in [-0.05, 0) is 63.0 Å². The zero-order valence-electron chi connectivity index (χ0n) is 18.3. The van der Waals surface area contributed by atoms with Crippen molar-refractivity contribution in [1.29, 1.82) is 0 Å². The van der Waals surface area contributed by atoms with E-state index in [9.17, 15) is 9.59 Å². The summed E-state index contributed by atoms with van der Waals surface area (Å²) in [6.07, 6.45) is 9.08. The molecule has 0 N–H and O–H groups in total. The van der Waals surface area contributed by atoms with Crippen molar-refractivity contribution in [3.63, 3.8) is 0 Å². The van der Waals surface area contributed by atoms with Crippen molar-refractivity contribution in [3.05, 3.63) is 63.5 Å². The van der Waals surface area contributed by atoms with Crippen LogP contribution < -0.4 is 0 Å². The molecule has 2 aliphatic carbocycles. The van der Waals surface area contributed by atoms with Gasteiger partial charge in [-0.3, -0.25) is 4.79 Å². The van der Waals surface area contributed by atoms with Gasteiger partial charge < -0.3 is 9.26 Å². The Kier molecular flexibility index (Phi) is 5.90. The Labute approximate surface area is 203 Å². The van der Waals surface area contributed by atoms with Gasteiger partial charge in [-0.2, -0.15) is 5.10 Å². The van der Waals surface area contributed by atoms with E-state index in [0.717, 1.165) is 35.7 Å². The maximum atomic E-state index is 14.1. The van der Waals surface area contributed by atoms with Gasteiger partial charge in [-0.1, -0.05) is 21.1 Å². The molecule has 2 aliphatic rings. The number of rotatable bonds is 9. The smallest absolute Gasteiger partial charge is 0.361 e. The first-order chi connectivity index (χ1) is 16.0. The molecule has 0 amide bonds. The third kappa shape index (κ3) is 3.82. The summed E-state index contributed by atoms with van der Waals surface area (Å²) in [6, 6.07) is 5.60. The minimum absolute atomic E-state index is 0.0560. The second kappa shape index (κ2) is 8.72. The van der Waals surface area contributed by atoms with Crippen molar-refractivity contribution in [2.75, 3.05) is 12.9 Å². The molecule has 0 bridgehead atoms. The zero-order valence-corrected chi connectivity index (χ0v) is 20.7. The molecule has 2 heterocycles. The number of carbonyl (C=O) groups is 2. The van der Waals surface area contributed by atoms with Crippen molar-refractivity contribution >= 4 is 39.4 Å². The Hall–Kier alpha value is -2.46. The van der Waals surface area contributed by atoms with Crippen LogP contribution in [0.4, 0.5) is 0 Å². The third-order valence-electron chi connectivity index (χ3n) is 6.18. The number of esters is 1. The lowest BCUT2D eigenvalue weighted by atomic mass is 9.90. The number of thioether (sulfide) groups is 1. The summed E-state index contributed by atoms with van der Waals surface area (Å²) in [5, 5.41) is 8.43. The molecule has 2 fully saturated rings. The lowest BCUT2D eigenvalue weighted by Crippen LogP contribution is -2.36. The van der Waals surface area contributed by atoms with Gasteiger partial charge in [0.05, 0.1) is 6.61 Å². The second-order valence-electron chi connectivity index (χ2n) is 8.30. The van der Waals surface area contributed by atoms with Crippen LogP contribution in [0.1, 0.15) is 76.3 Å². The molecule has 1 atom stereocenters. The molecule has 10 heteroatoms. The molecule has 8 nitrogen and oxygen atoms in total. The highest BCUT2D eigenvalue weighted by Crippen LogP contribution is 2.55. The van der Waals surface area contributed by atoms with Crippen molar-refractivity contribution in [3.8, 4) is 0 Å². The number of benzene rings is 1. The van der Waals surface area contributed by atoms with E-state index >= 15 is 0 Å². The summed E-state index contributed by atoms with van der Waals surface area (Å²) in [4.78, 5) is 30.3. The molecule has 3 aromatic rings. The summed E-state index contributed by atoms with van der Waals surface area (Å²) in [5.41, 5.74) is 1.47. The summed E-state index contributed by atoms with van der Waals surface area (Å²) < 4.78 is 13.4.